The first kappa shape index (κ1) is 19.4. The van der Waals surface area contributed by atoms with Gasteiger partial charge >= 0.3 is 0 Å². The molecule has 3 heterocycles. The zero-order valence-corrected chi connectivity index (χ0v) is 17.0. The number of benzene rings is 2. The summed E-state index contributed by atoms with van der Waals surface area (Å²) in [4.78, 5) is 27.2. The third-order valence-electron chi connectivity index (χ3n) is 5.14. The van der Waals surface area contributed by atoms with Crippen LogP contribution in [0.15, 0.2) is 42.5 Å². The Kier molecular flexibility index (Phi) is 4.99. The Labute approximate surface area is 180 Å². The van der Waals surface area contributed by atoms with Gasteiger partial charge in [-0.05, 0) is 43.2 Å². The van der Waals surface area contributed by atoms with Gasteiger partial charge in [-0.3, -0.25) is 9.59 Å². The number of carbonyl (C=O) groups excluding carboxylic acids is 2. The van der Waals surface area contributed by atoms with E-state index < -0.39 is 11.7 Å². The van der Waals surface area contributed by atoms with Gasteiger partial charge in [0.15, 0.2) is 11.5 Å². The summed E-state index contributed by atoms with van der Waals surface area (Å²) >= 11 is 1.14. The molecule has 1 N–H and O–H groups in total. The summed E-state index contributed by atoms with van der Waals surface area (Å²) in [5.41, 5.74) is 0.840. The van der Waals surface area contributed by atoms with Crippen LogP contribution in [0, 0.1) is 5.82 Å². The average Bonchev–Trinajstić information content (AvgIpc) is 3.52. The van der Waals surface area contributed by atoms with Crippen molar-refractivity contribution in [2.75, 3.05) is 18.7 Å². The topological polar surface area (TPSA) is 93.7 Å². The molecule has 0 spiro atoms. The molecule has 2 aliphatic rings. The molecule has 0 unspecified atom stereocenters. The molecule has 0 aliphatic carbocycles. The Hall–Kier alpha value is -3.53. The van der Waals surface area contributed by atoms with Gasteiger partial charge < -0.3 is 19.7 Å². The van der Waals surface area contributed by atoms with Crippen LogP contribution >= 0.6 is 11.3 Å². The zero-order chi connectivity index (χ0) is 21.4. The standard InChI is InChI=1S/C21H17FN4O4S/c22-13-4-1-3-12(9-13)21(28)26-8-2-5-15(26)19-24-25-20(31-19)18(27)23-14-6-7-16-17(10-14)30-11-29-16/h1,3-4,6-7,9-10,15H,2,5,8,11H2,(H,23,27)/t15-/m0/s1. The molecule has 1 saturated heterocycles. The lowest BCUT2D eigenvalue weighted by atomic mass is 10.1. The van der Waals surface area contributed by atoms with Gasteiger partial charge in [-0.2, -0.15) is 0 Å². The van der Waals surface area contributed by atoms with E-state index in [0.717, 1.165) is 17.8 Å². The van der Waals surface area contributed by atoms with Gasteiger partial charge in [-0.1, -0.05) is 17.4 Å². The van der Waals surface area contributed by atoms with Crippen molar-refractivity contribution in [3.63, 3.8) is 0 Å². The Morgan fingerprint density at radius 2 is 2.00 bits per heavy atom. The van der Waals surface area contributed by atoms with Crippen LogP contribution in [-0.4, -0.2) is 40.2 Å². The second-order valence-corrected chi connectivity index (χ2v) is 8.14. The predicted molar refractivity (Wildman–Crippen MR) is 110 cm³/mol. The third kappa shape index (κ3) is 3.81. The van der Waals surface area contributed by atoms with E-state index >= 15 is 0 Å². The normalized spacial score (nSPS) is 17.1. The van der Waals surface area contributed by atoms with Crippen molar-refractivity contribution in [3.05, 3.63) is 63.9 Å². The molecule has 5 rings (SSSR count). The predicted octanol–water partition coefficient (Wildman–Crippen LogP) is 3.64. The first-order valence-electron chi connectivity index (χ1n) is 9.69. The molecule has 0 radical (unpaired) electrons. The highest BCUT2D eigenvalue weighted by Gasteiger charge is 2.33. The highest BCUT2D eigenvalue weighted by molar-refractivity contribution is 7.13. The van der Waals surface area contributed by atoms with E-state index in [2.05, 4.69) is 15.5 Å². The molecule has 2 aromatic carbocycles. The molecule has 1 aromatic heterocycles. The number of likely N-dealkylation sites (tertiary alicyclic amines) is 1. The van der Waals surface area contributed by atoms with Crippen molar-refractivity contribution < 1.29 is 23.5 Å². The monoisotopic (exact) mass is 440 g/mol. The lowest BCUT2D eigenvalue weighted by molar-refractivity contribution is 0.0734. The second-order valence-electron chi connectivity index (χ2n) is 7.13. The number of nitrogens with zero attached hydrogens (tertiary/aromatic N) is 3. The van der Waals surface area contributed by atoms with Gasteiger partial charge in [0.25, 0.3) is 11.8 Å². The molecule has 2 aliphatic heterocycles. The smallest absolute Gasteiger partial charge is 0.286 e. The largest absolute Gasteiger partial charge is 0.454 e. The quantitative estimate of drug-likeness (QED) is 0.666. The van der Waals surface area contributed by atoms with Crippen LogP contribution in [-0.2, 0) is 0 Å². The fraction of sp³-hybridized carbons (Fsp3) is 0.238. The number of carbonyl (C=O) groups is 2. The lowest BCUT2D eigenvalue weighted by Gasteiger charge is -2.22. The minimum absolute atomic E-state index is 0.152. The number of hydrogen-bond acceptors (Lipinski definition) is 7. The maximum absolute atomic E-state index is 13.5. The Morgan fingerprint density at radius 1 is 1.13 bits per heavy atom. The first-order chi connectivity index (χ1) is 15.1. The molecule has 0 saturated carbocycles. The van der Waals surface area contributed by atoms with Crippen molar-refractivity contribution >= 4 is 28.8 Å². The Balaban J connectivity index is 1.31. The first-order valence-corrected chi connectivity index (χ1v) is 10.5. The van der Waals surface area contributed by atoms with E-state index in [0.29, 0.717) is 35.2 Å². The highest BCUT2D eigenvalue weighted by Crippen LogP contribution is 2.36. The number of rotatable bonds is 4. The third-order valence-corrected chi connectivity index (χ3v) is 6.16. The molecule has 3 aromatic rings. The highest BCUT2D eigenvalue weighted by atomic mass is 32.1. The average molecular weight is 440 g/mol. The number of fused-ring (bicyclic) bond motifs is 1. The maximum atomic E-state index is 13.5. The molecule has 0 bridgehead atoms. The van der Waals surface area contributed by atoms with E-state index in [-0.39, 0.29) is 29.3 Å². The van der Waals surface area contributed by atoms with E-state index in [1.165, 1.54) is 18.2 Å². The lowest BCUT2D eigenvalue weighted by Crippen LogP contribution is -2.30. The van der Waals surface area contributed by atoms with Crippen molar-refractivity contribution in [3.8, 4) is 11.5 Å². The van der Waals surface area contributed by atoms with Gasteiger partial charge in [-0.15, -0.1) is 10.2 Å². The Bertz CT molecular complexity index is 1170. The second kappa shape index (κ2) is 7.95. The van der Waals surface area contributed by atoms with Gasteiger partial charge in [0, 0.05) is 23.9 Å². The van der Waals surface area contributed by atoms with Crippen molar-refractivity contribution in [2.45, 2.75) is 18.9 Å². The summed E-state index contributed by atoms with van der Waals surface area (Å²) in [6.07, 6.45) is 1.50. The minimum atomic E-state index is -0.458. The number of ether oxygens (including phenoxy) is 2. The fourth-order valence-electron chi connectivity index (χ4n) is 3.67. The molecule has 158 valence electrons. The Morgan fingerprint density at radius 3 is 2.87 bits per heavy atom. The van der Waals surface area contributed by atoms with E-state index in [9.17, 15) is 14.0 Å². The van der Waals surface area contributed by atoms with E-state index in [4.69, 9.17) is 9.47 Å². The molecule has 10 heteroatoms. The number of hydrogen-bond donors (Lipinski definition) is 1. The van der Waals surface area contributed by atoms with Crippen LogP contribution in [0.3, 0.4) is 0 Å². The molecule has 31 heavy (non-hydrogen) atoms. The molecule has 8 nitrogen and oxygen atoms in total. The van der Waals surface area contributed by atoms with Crippen LogP contribution in [0.5, 0.6) is 11.5 Å². The van der Waals surface area contributed by atoms with Crippen LogP contribution in [0.4, 0.5) is 10.1 Å². The van der Waals surface area contributed by atoms with Gasteiger partial charge in [-0.25, -0.2) is 4.39 Å². The van der Waals surface area contributed by atoms with Gasteiger partial charge in [0.2, 0.25) is 11.8 Å². The molecule has 2 amide bonds. The molecular formula is C21H17FN4O4S. The SMILES string of the molecule is O=C(Nc1ccc2c(c1)OCO2)c1nnc([C@@H]2CCCN2C(=O)c2cccc(F)c2)s1. The van der Waals surface area contributed by atoms with Crippen LogP contribution in [0.2, 0.25) is 0 Å². The van der Waals surface area contributed by atoms with Crippen LogP contribution in [0.25, 0.3) is 0 Å². The summed E-state index contributed by atoms with van der Waals surface area (Å²) in [6, 6.07) is 10.4. The van der Waals surface area contributed by atoms with Gasteiger partial charge in [0.05, 0.1) is 6.04 Å². The van der Waals surface area contributed by atoms with Crippen LogP contribution < -0.4 is 14.8 Å². The van der Waals surface area contributed by atoms with Crippen LogP contribution in [0.1, 0.15) is 44.1 Å². The van der Waals surface area contributed by atoms with Crippen molar-refractivity contribution in [1.82, 2.24) is 15.1 Å². The number of halogens is 1. The number of amides is 2. The van der Waals surface area contributed by atoms with E-state index in [1.54, 1.807) is 29.2 Å². The maximum Gasteiger partial charge on any atom is 0.286 e. The molecular weight excluding hydrogens is 423 g/mol. The minimum Gasteiger partial charge on any atom is -0.454 e. The van der Waals surface area contributed by atoms with Crippen molar-refractivity contribution in [1.29, 1.82) is 0 Å². The van der Waals surface area contributed by atoms with Crippen molar-refractivity contribution in [2.24, 2.45) is 0 Å². The molecule has 1 fully saturated rings. The number of anilines is 1. The summed E-state index contributed by atoms with van der Waals surface area (Å²) < 4.78 is 24.1. The zero-order valence-electron chi connectivity index (χ0n) is 16.2. The van der Waals surface area contributed by atoms with E-state index in [1.807, 2.05) is 0 Å². The number of nitrogens with one attached hydrogen (secondary N) is 1. The summed E-state index contributed by atoms with van der Waals surface area (Å²) in [5, 5.41) is 11.7. The summed E-state index contributed by atoms with van der Waals surface area (Å²) in [5.74, 6) is 0.0702. The fourth-order valence-corrected chi connectivity index (χ4v) is 4.56. The van der Waals surface area contributed by atoms with Gasteiger partial charge in [0.1, 0.15) is 10.8 Å². The number of aromatic nitrogens is 2. The molecule has 1 atom stereocenters. The summed E-state index contributed by atoms with van der Waals surface area (Å²) in [7, 11) is 0. The summed E-state index contributed by atoms with van der Waals surface area (Å²) in [6.45, 7) is 0.692.